The van der Waals surface area contributed by atoms with E-state index in [0.29, 0.717) is 11.3 Å². The first-order chi connectivity index (χ1) is 11.4. The number of aromatic carboxylic acids is 1. The Kier molecular flexibility index (Phi) is 5.09. The number of nitrogens with zero attached hydrogens (tertiary/aromatic N) is 3. The van der Waals surface area contributed by atoms with Crippen molar-refractivity contribution in [2.24, 2.45) is 0 Å². The fourth-order valence-electron chi connectivity index (χ4n) is 1.87. The largest absolute Gasteiger partial charge is 0.492 e. The van der Waals surface area contributed by atoms with Gasteiger partial charge in [0, 0.05) is 0 Å². The number of esters is 1. The SMILES string of the molecule is COC(=O)c1ccc(OCCn2cc([N+](=O)[O-])c(C(=O)O)n2)cc1. The molecule has 2 aromatic rings. The molecule has 2 rings (SSSR count). The Morgan fingerprint density at radius 3 is 2.50 bits per heavy atom. The van der Waals surface area contributed by atoms with Gasteiger partial charge in [-0.15, -0.1) is 0 Å². The number of rotatable bonds is 7. The summed E-state index contributed by atoms with van der Waals surface area (Å²) in [6.07, 6.45) is 1.03. The van der Waals surface area contributed by atoms with Gasteiger partial charge in [-0.2, -0.15) is 5.10 Å². The molecule has 0 aliphatic carbocycles. The van der Waals surface area contributed by atoms with Crippen LogP contribution in [0.3, 0.4) is 0 Å². The number of carbonyl (C=O) groups excluding carboxylic acids is 1. The van der Waals surface area contributed by atoms with E-state index in [1.165, 1.54) is 19.2 Å². The molecular formula is C14H13N3O7. The molecule has 0 fully saturated rings. The van der Waals surface area contributed by atoms with E-state index in [4.69, 9.17) is 9.84 Å². The molecule has 10 heteroatoms. The zero-order chi connectivity index (χ0) is 17.7. The smallest absolute Gasteiger partial charge is 0.363 e. The van der Waals surface area contributed by atoms with Crippen LogP contribution in [0.5, 0.6) is 5.75 Å². The molecule has 0 bridgehead atoms. The van der Waals surface area contributed by atoms with Crippen molar-refractivity contribution in [3.8, 4) is 5.75 Å². The van der Waals surface area contributed by atoms with Gasteiger partial charge in [0.2, 0.25) is 5.69 Å². The summed E-state index contributed by atoms with van der Waals surface area (Å²) >= 11 is 0. The highest BCUT2D eigenvalue weighted by Crippen LogP contribution is 2.17. The summed E-state index contributed by atoms with van der Waals surface area (Å²) in [7, 11) is 1.28. The van der Waals surface area contributed by atoms with Gasteiger partial charge in [-0.05, 0) is 24.3 Å². The van der Waals surface area contributed by atoms with Crippen molar-refractivity contribution in [2.45, 2.75) is 6.54 Å². The minimum absolute atomic E-state index is 0.107. The number of carbonyl (C=O) groups is 2. The van der Waals surface area contributed by atoms with Crippen molar-refractivity contribution in [3.63, 3.8) is 0 Å². The lowest BCUT2D eigenvalue weighted by molar-refractivity contribution is -0.385. The van der Waals surface area contributed by atoms with Crippen molar-refractivity contribution in [3.05, 3.63) is 51.8 Å². The molecule has 0 aliphatic rings. The van der Waals surface area contributed by atoms with Crippen molar-refractivity contribution in [2.75, 3.05) is 13.7 Å². The molecule has 0 spiro atoms. The Balaban J connectivity index is 1.97. The normalized spacial score (nSPS) is 10.2. The molecule has 1 heterocycles. The van der Waals surface area contributed by atoms with E-state index in [1.807, 2.05) is 0 Å². The van der Waals surface area contributed by atoms with E-state index in [-0.39, 0.29) is 13.2 Å². The van der Waals surface area contributed by atoms with Gasteiger partial charge in [-0.25, -0.2) is 9.59 Å². The predicted octanol–water partition coefficient (Wildman–Crippen LogP) is 1.36. The average molecular weight is 335 g/mol. The van der Waals surface area contributed by atoms with E-state index in [0.717, 1.165) is 10.9 Å². The third kappa shape index (κ3) is 3.85. The summed E-state index contributed by atoms with van der Waals surface area (Å²) in [5, 5.41) is 23.3. The molecule has 0 saturated heterocycles. The van der Waals surface area contributed by atoms with Gasteiger partial charge in [-0.1, -0.05) is 0 Å². The van der Waals surface area contributed by atoms with Gasteiger partial charge < -0.3 is 14.6 Å². The Labute approximate surface area is 135 Å². The number of hydrogen-bond acceptors (Lipinski definition) is 7. The van der Waals surface area contributed by atoms with E-state index in [9.17, 15) is 19.7 Å². The summed E-state index contributed by atoms with van der Waals surface area (Å²) in [5.41, 5.74) is -0.828. The van der Waals surface area contributed by atoms with Crippen LogP contribution < -0.4 is 4.74 Å². The van der Waals surface area contributed by atoms with E-state index < -0.39 is 28.2 Å². The fraction of sp³-hybridized carbons (Fsp3) is 0.214. The number of carboxylic acid groups (broad SMARTS) is 1. The van der Waals surface area contributed by atoms with Crippen LogP contribution in [-0.2, 0) is 11.3 Å². The third-order valence-corrected chi connectivity index (χ3v) is 3.01. The van der Waals surface area contributed by atoms with Crippen LogP contribution in [0.25, 0.3) is 0 Å². The minimum Gasteiger partial charge on any atom is -0.492 e. The van der Waals surface area contributed by atoms with E-state index in [1.54, 1.807) is 12.1 Å². The maximum absolute atomic E-state index is 11.3. The van der Waals surface area contributed by atoms with E-state index in [2.05, 4.69) is 9.84 Å². The summed E-state index contributed by atoms with van der Waals surface area (Å²) < 4.78 is 11.1. The summed E-state index contributed by atoms with van der Waals surface area (Å²) in [4.78, 5) is 32.1. The first-order valence-corrected chi connectivity index (χ1v) is 6.68. The Morgan fingerprint density at radius 1 is 1.33 bits per heavy atom. The predicted molar refractivity (Wildman–Crippen MR) is 79.1 cm³/mol. The number of nitro groups is 1. The number of methoxy groups -OCH3 is 1. The molecule has 1 N–H and O–H groups in total. The van der Waals surface area contributed by atoms with Gasteiger partial charge in [0.1, 0.15) is 18.6 Å². The van der Waals surface area contributed by atoms with Gasteiger partial charge >= 0.3 is 17.6 Å². The number of ether oxygens (including phenoxy) is 2. The Morgan fingerprint density at radius 2 is 2.00 bits per heavy atom. The molecule has 0 aliphatic heterocycles. The summed E-state index contributed by atoms with van der Waals surface area (Å²) in [6, 6.07) is 6.20. The van der Waals surface area contributed by atoms with Crippen LogP contribution in [0.4, 0.5) is 5.69 Å². The van der Waals surface area contributed by atoms with Crippen LogP contribution >= 0.6 is 0 Å². The number of aromatic nitrogens is 2. The van der Waals surface area contributed by atoms with Crippen molar-refractivity contribution in [1.29, 1.82) is 0 Å². The molecule has 1 aromatic carbocycles. The van der Waals surface area contributed by atoms with Gasteiger partial charge in [0.25, 0.3) is 0 Å². The Bertz CT molecular complexity index is 736. The standard InChI is InChI=1S/C14H13N3O7/c1-23-14(20)9-2-4-10(5-3-9)24-7-6-16-8-11(17(21)22)12(15-16)13(18)19/h2-5,8H,6-7H2,1H3,(H,18,19). The van der Waals surface area contributed by atoms with Gasteiger partial charge in [-0.3, -0.25) is 14.8 Å². The molecule has 0 atom stereocenters. The second kappa shape index (κ2) is 7.22. The second-order valence-electron chi connectivity index (χ2n) is 4.55. The molecule has 10 nitrogen and oxygen atoms in total. The van der Waals surface area contributed by atoms with Crippen LogP contribution in [0, 0.1) is 10.1 Å². The number of benzene rings is 1. The zero-order valence-electron chi connectivity index (χ0n) is 12.5. The molecule has 0 radical (unpaired) electrons. The quantitative estimate of drug-likeness (QED) is 0.455. The molecule has 0 unspecified atom stereocenters. The summed E-state index contributed by atoms with van der Waals surface area (Å²) in [5.74, 6) is -1.46. The molecule has 1 aromatic heterocycles. The van der Waals surface area contributed by atoms with Crippen LogP contribution in [0.15, 0.2) is 30.5 Å². The molecule has 24 heavy (non-hydrogen) atoms. The van der Waals surface area contributed by atoms with Crippen molar-refractivity contribution >= 4 is 17.6 Å². The van der Waals surface area contributed by atoms with Crippen LogP contribution in [0.2, 0.25) is 0 Å². The Hall–Kier alpha value is -3.43. The number of hydrogen-bond donors (Lipinski definition) is 1. The molecule has 0 amide bonds. The van der Waals surface area contributed by atoms with Crippen LogP contribution in [-0.4, -0.2) is 45.5 Å². The molecule has 0 saturated carbocycles. The lowest BCUT2D eigenvalue weighted by Crippen LogP contribution is -2.10. The molecule has 126 valence electrons. The van der Waals surface area contributed by atoms with Crippen molar-refractivity contribution < 1.29 is 29.1 Å². The lowest BCUT2D eigenvalue weighted by Gasteiger charge is -2.06. The third-order valence-electron chi connectivity index (χ3n) is 3.01. The minimum atomic E-state index is -1.47. The lowest BCUT2D eigenvalue weighted by atomic mass is 10.2. The van der Waals surface area contributed by atoms with Gasteiger partial charge in [0.15, 0.2) is 0 Å². The second-order valence-corrected chi connectivity index (χ2v) is 4.55. The fourth-order valence-corrected chi connectivity index (χ4v) is 1.87. The first-order valence-electron chi connectivity index (χ1n) is 6.68. The van der Waals surface area contributed by atoms with Crippen LogP contribution in [0.1, 0.15) is 20.8 Å². The van der Waals surface area contributed by atoms with Crippen molar-refractivity contribution in [1.82, 2.24) is 9.78 Å². The first kappa shape index (κ1) is 16.9. The monoisotopic (exact) mass is 335 g/mol. The maximum atomic E-state index is 11.3. The topological polar surface area (TPSA) is 134 Å². The van der Waals surface area contributed by atoms with Gasteiger partial charge in [0.05, 0.1) is 24.1 Å². The van der Waals surface area contributed by atoms with E-state index >= 15 is 0 Å². The number of carboxylic acids is 1. The highest BCUT2D eigenvalue weighted by Gasteiger charge is 2.24. The summed E-state index contributed by atoms with van der Waals surface area (Å²) in [6.45, 7) is 0.225. The highest BCUT2D eigenvalue weighted by atomic mass is 16.6. The average Bonchev–Trinajstić information content (AvgIpc) is 2.99. The highest BCUT2D eigenvalue weighted by molar-refractivity contribution is 5.90. The maximum Gasteiger partial charge on any atom is 0.363 e. The molecular weight excluding hydrogens is 322 g/mol. The zero-order valence-corrected chi connectivity index (χ0v) is 12.5.